The van der Waals surface area contributed by atoms with Gasteiger partial charge in [-0.1, -0.05) is 24.3 Å². The molecule has 0 saturated carbocycles. The summed E-state index contributed by atoms with van der Waals surface area (Å²) in [5.41, 5.74) is 1.08. The lowest BCUT2D eigenvalue weighted by Crippen LogP contribution is -2.49. The Labute approximate surface area is 181 Å². The van der Waals surface area contributed by atoms with Gasteiger partial charge in [0, 0.05) is 57.7 Å². The highest BCUT2D eigenvalue weighted by atomic mass is 19.4. The molecule has 8 heteroatoms. The zero-order valence-corrected chi connectivity index (χ0v) is 17.7. The SMILES string of the molecule is CN(CCCNC(=O)CN1CCN(c2cccc(C(F)(F)F)c2)CC1)c1ccccc1. The second-order valence-electron chi connectivity index (χ2n) is 7.77. The third-order valence-electron chi connectivity index (χ3n) is 5.47. The van der Waals surface area contributed by atoms with Gasteiger partial charge in [-0.15, -0.1) is 0 Å². The molecule has 5 nitrogen and oxygen atoms in total. The fourth-order valence-electron chi connectivity index (χ4n) is 3.66. The van der Waals surface area contributed by atoms with E-state index in [2.05, 4.69) is 22.3 Å². The maximum Gasteiger partial charge on any atom is 0.416 e. The summed E-state index contributed by atoms with van der Waals surface area (Å²) in [6.45, 7) is 4.23. The standard InChI is InChI=1S/C23H29F3N4O/c1-28(20-8-3-2-4-9-20)12-6-11-27-22(31)18-29-13-15-30(16-14-29)21-10-5-7-19(17-21)23(24,25)26/h2-5,7-10,17H,6,11-16,18H2,1H3,(H,27,31). The van der Waals surface area contributed by atoms with Gasteiger partial charge in [0.2, 0.25) is 5.91 Å². The highest BCUT2D eigenvalue weighted by molar-refractivity contribution is 5.78. The predicted octanol–water partition coefficient (Wildman–Crippen LogP) is 3.47. The minimum absolute atomic E-state index is 0.0186. The van der Waals surface area contributed by atoms with Gasteiger partial charge in [0.05, 0.1) is 12.1 Å². The first-order chi connectivity index (χ1) is 14.8. The summed E-state index contributed by atoms with van der Waals surface area (Å²) < 4.78 is 38.8. The Morgan fingerprint density at radius 3 is 2.42 bits per heavy atom. The number of anilines is 2. The van der Waals surface area contributed by atoms with Gasteiger partial charge in [-0.2, -0.15) is 13.2 Å². The molecule has 0 spiro atoms. The van der Waals surface area contributed by atoms with Crippen molar-refractivity contribution in [2.75, 3.05) is 62.7 Å². The minimum Gasteiger partial charge on any atom is -0.375 e. The van der Waals surface area contributed by atoms with E-state index in [0.29, 0.717) is 45.0 Å². The quantitative estimate of drug-likeness (QED) is 0.646. The number of hydrogen-bond acceptors (Lipinski definition) is 4. The van der Waals surface area contributed by atoms with Crippen LogP contribution in [0.3, 0.4) is 0 Å². The van der Waals surface area contributed by atoms with E-state index >= 15 is 0 Å². The van der Waals surface area contributed by atoms with Crippen LogP contribution in [-0.2, 0) is 11.0 Å². The molecule has 0 unspecified atom stereocenters. The monoisotopic (exact) mass is 434 g/mol. The molecule has 1 amide bonds. The van der Waals surface area contributed by atoms with Crippen molar-refractivity contribution in [3.8, 4) is 0 Å². The number of nitrogens with one attached hydrogen (secondary N) is 1. The van der Waals surface area contributed by atoms with E-state index in [-0.39, 0.29) is 5.91 Å². The van der Waals surface area contributed by atoms with E-state index in [1.165, 1.54) is 12.1 Å². The minimum atomic E-state index is -4.34. The molecule has 1 fully saturated rings. The number of carbonyl (C=O) groups excluding carboxylic acids is 1. The molecule has 168 valence electrons. The Bertz CT molecular complexity index is 836. The van der Waals surface area contributed by atoms with Crippen molar-refractivity contribution in [1.82, 2.24) is 10.2 Å². The molecule has 0 aliphatic carbocycles. The maximum absolute atomic E-state index is 12.9. The smallest absolute Gasteiger partial charge is 0.375 e. The average Bonchev–Trinajstić information content (AvgIpc) is 2.77. The van der Waals surface area contributed by atoms with E-state index < -0.39 is 11.7 Å². The van der Waals surface area contributed by atoms with Crippen molar-refractivity contribution < 1.29 is 18.0 Å². The van der Waals surface area contributed by atoms with Crippen molar-refractivity contribution in [1.29, 1.82) is 0 Å². The summed E-state index contributed by atoms with van der Waals surface area (Å²) in [7, 11) is 2.03. The number of piperazine rings is 1. The lowest BCUT2D eigenvalue weighted by Gasteiger charge is -2.36. The van der Waals surface area contributed by atoms with E-state index in [0.717, 1.165) is 24.7 Å². The van der Waals surface area contributed by atoms with Crippen molar-refractivity contribution >= 4 is 17.3 Å². The Hall–Kier alpha value is -2.74. The second-order valence-corrected chi connectivity index (χ2v) is 7.77. The Kier molecular flexibility index (Phi) is 7.79. The van der Waals surface area contributed by atoms with E-state index in [1.54, 1.807) is 6.07 Å². The van der Waals surface area contributed by atoms with Crippen LogP contribution in [0.2, 0.25) is 0 Å². The van der Waals surface area contributed by atoms with Crippen LogP contribution in [0.25, 0.3) is 0 Å². The first-order valence-electron chi connectivity index (χ1n) is 10.5. The summed E-state index contributed by atoms with van der Waals surface area (Å²) in [6, 6.07) is 15.5. The number of carbonyl (C=O) groups is 1. The van der Waals surface area contributed by atoms with Gasteiger partial charge in [-0.25, -0.2) is 0 Å². The zero-order chi connectivity index (χ0) is 22.3. The van der Waals surface area contributed by atoms with Gasteiger partial charge < -0.3 is 15.1 Å². The maximum atomic E-state index is 12.9. The van der Waals surface area contributed by atoms with Gasteiger partial charge in [-0.05, 0) is 36.8 Å². The predicted molar refractivity (Wildman–Crippen MR) is 117 cm³/mol. The number of amides is 1. The third kappa shape index (κ3) is 6.89. The number of hydrogen-bond donors (Lipinski definition) is 1. The second kappa shape index (κ2) is 10.5. The number of halogens is 3. The van der Waals surface area contributed by atoms with Crippen LogP contribution in [0, 0.1) is 0 Å². The molecule has 3 rings (SSSR count). The molecule has 1 heterocycles. The lowest BCUT2D eigenvalue weighted by molar-refractivity contribution is -0.137. The molecule has 0 bridgehead atoms. The number of rotatable bonds is 8. The van der Waals surface area contributed by atoms with Crippen LogP contribution in [0.5, 0.6) is 0 Å². The molecule has 2 aromatic rings. The van der Waals surface area contributed by atoms with Crippen LogP contribution in [0.15, 0.2) is 54.6 Å². The molecule has 31 heavy (non-hydrogen) atoms. The highest BCUT2D eigenvalue weighted by Crippen LogP contribution is 2.31. The molecule has 0 aromatic heterocycles. The summed E-state index contributed by atoms with van der Waals surface area (Å²) in [5.74, 6) is -0.0186. The highest BCUT2D eigenvalue weighted by Gasteiger charge is 2.31. The van der Waals surface area contributed by atoms with E-state index in [4.69, 9.17) is 0 Å². The fraction of sp³-hybridized carbons (Fsp3) is 0.435. The molecule has 1 aliphatic rings. The zero-order valence-electron chi connectivity index (χ0n) is 17.7. The topological polar surface area (TPSA) is 38.8 Å². The van der Waals surface area contributed by atoms with Crippen LogP contribution in [0.4, 0.5) is 24.5 Å². The lowest BCUT2D eigenvalue weighted by atomic mass is 10.1. The van der Waals surface area contributed by atoms with E-state index in [1.807, 2.05) is 35.0 Å². The Balaban J connectivity index is 1.35. The van der Waals surface area contributed by atoms with Crippen molar-refractivity contribution in [2.45, 2.75) is 12.6 Å². The third-order valence-corrected chi connectivity index (χ3v) is 5.47. The van der Waals surface area contributed by atoms with Crippen LogP contribution in [-0.4, -0.2) is 63.7 Å². The number of alkyl halides is 3. The van der Waals surface area contributed by atoms with Crippen molar-refractivity contribution in [2.24, 2.45) is 0 Å². The molecule has 2 aromatic carbocycles. The number of nitrogens with zero attached hydrogens (tertiary/aromatic N) is 3. The number of para-hydroxylation sites is 1. The fourth-order valence-corrected chi connectivity index (χ4v) is 3.66. The Morgan fingerprint density at radius 1 is 1.03 bits per heavy atom. The van der Waals surface area contributed by atoms with Crippen molar-refractivity contribution in [3.05, 3.63) is 60.2 Å². The molecule has 1 N–H and O–H groups in total. The molecule has 0 radical (unpaired) electrons. The van der Waals surface area contributed by atoms with Crippen LogP contribution >= 0.6 is 0 Å². The van der Waals surface area contributed by atoms with Gasteiger partial charge >= 0.3 is 6.18 Å². The summed E-state index contributed by atoms with van der Waals surface area (Å²) in [6.07, 6.45) is -3.49. The average molecular weight is 435 g/mol. The Morgan fingerprint density at radius 2 is 1.74 bits per heavy atom. The van der Waals surface area contributed by atoms with Gasteiger partial charge in [0.15, 0.2) is 0 Å². The molecule has 0 atom stereocenters. The summed E-state index contributed by atoms with van der Waals surface area (Å²) in [4.78, 5) is 18.4. The molecular formula is C23H29F3N4O. The number of benzene rings is 2. The first kappa shape index (κ1) is 22.9. The van der Waals surface area contributed by atoms with Gasteiger partial charge in [-0.3, -0.25) is 9.69 Å². The van der Waals surface area contributed by atoms with E-state index in [9.17, 15) is 18.0 Å². The summed E-state index contributed by atoms with van der Waals surface area (Å²) >= 11 is 0. The van der Waals surface area contributed by atoms with Gasteiger partial charge in [0.25, 0.3) is 0 Å². The largest absolute Gasteiger partial charge is 0.416 e. The van der Waals surface area contributed by atoms with Crippen LogP contribution in [0.1, 0.15) is 12.0 Å². The first-order valence-corrected chi connectivity index (χ1v) is 10.5. The molecule has 1 aliphatic heterocycles. The molecule has 1 saturated heterocycles. The van der Waals surface area contributed by atoms with Crippen molar-refractivity contribution in [3.63, 3.8) is 0 Å². The van der Waals surface area contributed by atoms with Gasteiger partial charge in [0.1, 0.15) is 0 Å². The van der Waals surface area contributed by atoms with Crippen LogP contribution < -0.4 is 15.1 Å². The summed E-state index contributed by atoms with van der Waals surface area (Å²) in [5, 5.41) is 2.96. The normalized spacial score (nSPS) is 15.0. The molecular weight excluding hydrogens is 405 g/mol.